The molecule has 0 heterocycles. The molecule has 0 radical (unpaired) electrons. The molecule has 0 bridgehead atoms. The number of rotatable bonds is 8. The Morgan fingerprint density at radius 3 is 1.96 bits per heavy atom. The summed E-state index contributed by atoms with van der Waals surface area (Å²) >= 11 is 0. The summed E-state index contributed by atoms with van der Waals surface area (Å²) < 4.78 is 0. The summed E-state index contributed by atoms with van der Waals surface area (Å²) in [5, 5.41) is 26.1. The van der Waals surface area contributed by atoms with Gasteiger partial charge in [0.05, 0.1) is 0 Å². The molecule has 8 nitrogen and oxygen atoms in total. The molecule has 140 valence electrons. The highest BCUT2D eigenvalue weighted by Gasteiger charge is 2.24. The van der Waals surface area contributed by atoms with Gasteiger partial charge in [-0.2, -0.15) is 0 Å². The first-order valence-electron chi connectivity index (χ1n) is 8.05. The summed E-state index contributed by atoms with van der Waals surface area (Å²) in [7, 11) is 0. The molecular formula is C19H19N3O5. The molecule has 0 saturated carbocycles. The van der Waals surface area contributed by atoms with Crippen LogP contribution in [0, 0.1) is 0 Å². The highest BCUT2D eigenvalue weighted by atomic mass is 16.4. The van der Waals surface area contributed by atoms with Crippen LogP contribution in [0.5, 0.6) is 0 Å². The van der Waals surface area contributed by atoms with Gasteiger partial charge in [0.1, 0.15) is 6.54 Å². The van der Waals surface area contributed by atoms with Gasteiger partial charge in [0.2, 0.25) is 5.88 Å². The molecule has 0 unspecified atom stereocenters. The zero-order valence-electron chi connectivity index (χ0n) is 14.3. The van der Waals surface area contributed by atoms with E-state index in [4.69, 9.17) is 5.11 Å². The van der Waals surface area contributed by atoms with Crippen molar-refractivity contribution in [3.8, 4) is 0 Å². The van der Waals surface area contributed by atoms with Crippen molar-refractivity contribution < 1.29 is 24.6 Å². The molecule has 27 heavy (non-hydrogen) atoms. The highest BCUT2D eigenvalue weighted by Crippen LogP contribution is 2.10. The first kappa shape index (κ1) is 19.5. The Bertz CT molecular complexity index is 835. The lowest BCUT2D eigenvalue weighted by Crippen LogP contribution is -2.37. The number of carboxylic acids is 1. The molecule has 0 atom stereocenters. The summed E-state index contributed by atoms with van der Waals surface area (Å²) in [6.45, 7) is -0.520. The lowest BCUT2D eigenvalue weighted by Gasteiger charge is -2.13. The van der Waals surface area contributed by atoms with Crippen LogP contribution in [0.15, 0.2) is 72.1 Å². The van der Waals surface area contributed by atoms with Gasteiger partial charge in [0, 0.05) is 12.2 Å². The number of anilines is 1. The van der Waals surface area contributed by atoms with Crippen LogP contribution in [0.2, 0.25) is 0 Å². The Morgan fingerprint density at radius 2 is 1.37 bits per heavy atom. The molecule has 2 aromatic carbocycles. The van der Waals surface area contributed by atoms with Crippen LogP contribution in [-0.2, 0) is 20.9 Å². The van der Waals surface area contributed by atoms with E-state index in [0.717, 1.165) is 5.56 Å². The van der Waals surface area contributed by atoms with E-state index in [1.165, 1.54) is 0 Å². The molecule has 0 spiro atoms. The molecule has 8 heteroatoms. The van der Waals surface area contributed by atoms with E-state index in [-0.39, 0.29) is 6.54 Å². The number of carboxylic acid groups (broad SMARTS) is 1. The standard InChI is InChI=1S/C19H19N3O5/c23-15(24)12-21-18(26)16(19(27)22-14-9-5-2-6-10-14)17(25)20-11-13-7-3-1-4-8-13/h1-10,20,25H,11-12H2,(H,21,26)(H,22,27)(H,23,24). The smallest absolute Gasteiger partial charge is 0.322 e. The Labute approximate surface area is 155 Å². The second kappa shape index (κ2) is 9.62. The first-order chi connectivity index (χ1) is 13.0. The van der Waals surface area contributed by atoms with Crippen molar-refractivity contribution in [1.82, 2.24) is 10.6 Å². The van der Waals surface area contributed by atoms with Gasteiger partial charge in [0.25, 0.3) is 11.8 Å². The Hall–Kier alpha value is -3.81. The first-order valence-corrected chi connectivity index (χ1v) is 8.05. The zero-order valence-corrected chi connectivity index (χ0v) is 14.3. The molecule has 0 aromatic heterocycles. The second-order valence-electron chi connectivity index (χ2n) is 5.46. The van der Waals surface area contributed by atoms with Crippen LogP contribution in [0.4, 0.5) is 5.69 Å². The molecule has 0 fully saturated rings. The SMILES string of the molecule is O=C(O)CNC(=O)C(C(=O)Nc1ccccc1)=C(O)NCc1ccccc1. The number of aliphatic hydroxyl groups excluding tert-OH is 1. The van der Waals surface area contributed by atoms with E-state index in [9.17, 15) is 19.5 Å². The van der Waals surface area contributed by atoms with Gasteiger partial charge in [0.15, 0.2) is 5.57 Å². The number of aliphatic hydroxyl groups is 1. The van der Waals surface area contributed by atoms with E-state index in [2.05, 4.69) is 16.0 Å². The Kier molecular flexibility index (Phi) is 6.95. The maximum atomic E-state index is 12.5. The predicted octanol–water partition coefficient (Wildman–Crippen LogP) is 1.39. The van der Waals surface area contributed by atoms with Gasteiger partial charge in [-0.05, 0) is 17.7 Å². The van der Waals surface area contributed by atoms with Crippen LogP contribution < -0.4 is 16.0 Å². The van der Waals surface area contributed by atoms with Gasteiger partial charge < -0.3 is 26.2 Å². The van der Waals surface area contributed by atoms with Gasteiger partial charge in [-0.1, -0.05) is 48.5 Å². The fourth-order valence-corrected chi connectivity index (χ4v) is 2.15. The number of amides is 2. The number of para-hydroxylation sites is 1. The van der Waals surface area contributed by atoms with E-state index in [1.807, 2.05) is 6.07 Å². The van der Waals surface area contributed by atoms with Gasteiger partial charge in [-0.3, -0.25) is 14.4 Å². The van der Waals surface area contributed by atoms with Gasteiger partial charge >= 0.3 is 5.97 Å². The van der Waals surface area contributed by atoms with Crippen molar-refractivity contribution >= 4 is 23.5 Å². The number of carbonyl (C=O) groups is 3. The van der Waals surface area contributed by atoms with Crippen LogP contribution in [-0.4, -0.2) is 34.5 Å². The van der Waals surface area contributed by atoms with Gasteiger partial charge in [-0.15, -0.1) is 0 Å². The molecule has 0 aliphatic heterocycles. The van der Waals surface area contributed by atoms with Crippen LogP contribution >= 0.6 is 0 Å². The van der Waals surface area contributed by atoms with E-state index in [1.54, 1.807) is 54.6 Å². The average molecular weight is 369 g/mol. The van der Waals surface area contributed by atoms with Crippen LogP contribution in [0.25, 0.3) is 0 Å². The number of hydrogen-bond acceptors (Lipinski definition) is 5. The minimum Gasteiger partial charge on any atom is -0.494 e. The second-order valence-corrected chi connectivity index (χ2v) is 5.46. The topological polar surface area (TPSA) is 128 Å². The van der Waals surface area contributed by atoms with E-state index >= 15 is 0 Å². The lowest BCUT2D eigenvalue weighted by molar-refractivity contribution is -0.137. The number of nitrogens with one attached hydrogen (secondary N) is 3. The molecule has 2 aromatic rings. The molecule has 0 aliphatic rings. The van der Waals surface area contributed by atoms with Crippen molar-refractivity contribution in [2.45, 2.75) is 6.54 Å². The fraction of sp³-hybridized carbons (Fsp3) is 0.105. The number of hydrogen-bond donors (Lipinski definition) is 5. The quantitative estimate of drug-likeness (QED) is 0.207. The van der Waals surface area contributed by atoms with Gasteiger partial charge in [-0.25, -0.2) is 0 Å². The number of aliphatic carboxylic acids is 1. The molecular weight excluding hydrogens is 350 g/mol. The number of carbonyl (C=O) groups excluding carboxylic acids is 2. The lowest BCUT2D eigenvalue weighted by atomic mass is 10.2. The summed E-state index contributed by atoms with van der Waals surface area (Å²) in [6, 6.07) is 17.4. The van der Waals surface area contributed by atoms with Crippen molar-refractivity contribution in [3.05, 3.63) is 77.7 Å². The highest BCUT2D eigenvalue weighted by molar-refractivity contribution is 6.23. The van der Waals surface area contributed by atoms with Crippen LogP contribution in [0.3, 0.4) is 0 Å². The largest absolute Gasteiger partial charge is 0.494 e. The van der Waals surface area contributed by atoms with E-state index in [0.29, 0.717) is 5.69 Å². The molecule has 5 N–H and O–H groups in total. The third kappa shape index (κ3) is 6.20. The summed E-state index contributed by atoms with van der Waals surface area (Å²) in [4.78, 5) is 35.4. The van der Waals surface area contributed by atoms with Crippen molar-refractivity contribution in [2.75, 3.05) is 11.9 Å². The normalized spacial score (nSPS) is 11.1. The van der Waals surface area contributed by atoms with Crippen molar-refractivity contribution in [2.24, 2.45) is 0 Å². The molecule has 2 rings (SSSR count). The minimum atomic E-state index is -1.28. The zero-order chi connectivity index (χ0) is 19.6. The fourth-order valence-electron chi connectivity index (χ4n) is 2.15. The molecule has 0 aliphatic carbocycles. The predicted molar refractivity (Wildman–Crippen MR) is 98.7 cm³/mol. The summed E-state index contributed by atoms with van der Waals surface area (Å²) in [6.07, 6.45) is 0. The monoisotopic (exact) mass is 369 g/mol. The maximum Gasteiger partial charge on any atom is 0.322 e. The van der Waals surface area contributed by atoms with Crippen LogP contribution in [0.1, 0.15) is 5.56 Å². The molecule has 0 saturated heterocycles. The summed E-state index contributed by atoms with van der Waals surface area (Å²) in [5.41, 5.74) is 0.621. The van der Waals surface area contributed by atoms with E-state index < -0.39 is 35.8 Å². The van der Waals surface area contributed by atoms with Crippen molar-refractivity contribution in [1.29, 1.82) is 0 Å². The minimum absolute atomic E-state index is 0.168. The average Bonchev–Trinajstić information content (AvgIpc) is 2.66. The number of benzene rings is 2. The van der Waals surface area contributed by atoms with Crippen molar-refractivity contribution in [3.63, 3.8) is 0 Å². The third-order valence-corrected chi connectivity index (χ3v) is 3.43. The Balaban J connectivity index is 2.19. The third-order valence-electron chi connectivity index (χ3n) is 3.43. The maximum absolute atomic E-state index is 12.5. The summed E-state index contributed by atoms with van der Waals surface area (Å²) in [5.74, 6) is -3.82. The molecule has 2 amide bonds. The Morgan fingerprint density at radius 1 is 0.778 bits per heavy atom.